The predicted octanol–water partition coefficient (Wildman–Crippen LogP) is 4.20. The standard InChI is InChI=1S/C19H19NO2/c1-14(13-15-8-10-17(11-9-15)19(21)22)20-12-4-6-16-5-2-3-7-18(16)20/h2-3,5,7-11,13H,4,6,12H2,1H3,(H,21,22). The zero-order valence-corrected chi connectivity index (χ0v) is 12.6. The lowest BCUT2D eigenvalue weighted by Gasteiger charge is -2.32. The molecule has 0 saturated carbocycles. The van der Waals surface area contributed by atoms with Gasteiger partial charge in [0.2, 0.25) is 0 Å². The van der Waals surface area contributed by atoms with Crippen LogP contribution in [0.1, 0.15) is 34.8 Å². The molecule has 3 heteroatoms. The number of para-hydroxylation sites is 1. The third kappa shape index (κ3) is 2.89. The van der Waals surface area contributed by atoms with E-state index in [1.165, 1.54) is 16.9 Å². The number of benzene rings is 2. The van der Waals surface area contributed by atoms with Crippen molar-refractivity contribution < 1.29 is 9.90 Å². The molecule has 112 valence electrons. The lowest BCUT2D eigenvalue weighted by atomic mass is 10.0. The van der Waals surface area contributed by atoms with Crippen LogP contribution < -0.4 is 4.90 Å². The highest BCUT2D eigenvalue weighted by Crippen LogP contribution is 2.30. The second kappa shape index (κ2) is 6.06. The van der Waals surface area contributed by atoms with E-state index >= 15 is 0 Å². The van der Waals surface area contributed by atoms with E-state index in [9.17, 15) is 4.79 Å². The van der Waals surface area contributed by atoms with Crippen molar-refractivity contribution in [2.24, 2.45) is 0 Å². The third-order valence-electron chi connectivity index (χ3n) is 4.07. The van der Waals surface area contributed by atoms with Gasteiger partial charge in [0.15, 0.2) is 0 Å². The van der Waals surface area contributed by atoms with Crippen molar-refractivity contribution >= 4 is 17.7 Å². The second-order valence-corrected chi connectivity index (χ2v) is 5.60. The minimum Gasteiger partial charge on any atom is -0.478 e. The summed E-state index contributed by atoms with van der Waals surface area (Å²) in [5, 5.41) is 8.95. The molecule has 0 atom stereocenters. The number of aryl methyl sites for hydroxylation is 1. The molecular weight excluding hydrogens is 274 g/mol. The van der Waals surface area contributed by atoms with Crippen LogP contribution in [0.2, 0.25) is 0 Å². The molecular formula is C19H19NO2. The van der Waals surface area contributed by atoms with Gasteiger partial charge in [-0.05, 0) is 55.2 Å². The van der Waals surface area contributed by atoms with Crippen LogP contribution in [0.15, 0.2) is 54.2 Å². The van der Waals surface area contributed by atoms with E-state index in [1.54, 1.807) is 12.1 Å². The fourth-order valence-corrected chi connectivity index (χ4v) is 2.94. The van der Waals surface area contributed by atoms with E-state index in [4.69, 9.17) is 5.11 Å². The number of fused-ring (bicyclic) bond motifs is 1. The summed E-state index contributed by atoms with van der Waals surface area (Å²) in [6.07, 6.45) is 4.39. The summed E-state index contributed by atoms with van der Waals surface area (Å²) in [6, 6.07) is 15.5. The molecule has 0 unspecified atom stereocenters. The smallest absolute Gasteiger partial charge is 0.335 e. The van der Waals surface area contributed by atoms with Crippen LogP contribution >= 0.6 is 0 Å². The van der Waals surface area contributed by atoms with Crippen LogP contribution in [0, 0.1) is 0 Å². The van der Waals surface area contributed by atoms with E-state index in [1.807, 2.05) is 12.1 Å². The van der Waals surface area contributed by atoms with Gasteiger partial charge >= 0.3 is 5.97 Å². The lowest BCUT2D eigenvalue weighted by molar-refractivity contribution is 0.0697. The van der Waals surface area contributed by atoms with Gasteiger partial charge < -0.3 is 10.0 Å². The van der Waals surface area contributed by atoms with E-state index in [-0.39, 0.29) is 0 Å². The van der Waals surface area contributed by atoms with Crippen LogP contribution in [0.3, 0.4) is 0 Å². The molecule has 2 aromatic carbocycles. The van der Waals surface area contributed by atoms with Crippen molar-refractivity contribution in [3.8, 4) is 0 Å². The zero-order valence-electron chi connectivity index (χ0n) is 12.6. The van der Waals surface area contributed by atoms with Gasteiger partial charge in [-0.1, -0.05) is 30.3 Å². The van der Waals surface area contributed by atoms with Crippen molar-refractivity contribution in [3.05, 3.63) is 70.9 Å². The Morgan fingerprint density at radius 1 is 1.14 bits per heavy atom. The Morgan fingerprint density at radius 2 is 1.86 bits per heavy atom. The van der Waals surface area contributed by atoms with Gasteiger partial charge in [-0.15, -0.1) is 0 Å². The van der Waals surface area contributed by atoms with Crippen molar-refractivity contribution in [3.63, 3.8) is 0 Å². The molecule has 0 radical (unpaired) electrons. The van der Waals surface area contributed by atoms with Gasteiger partial charge in [-0.3, -0.25) is 0 Å². The monoisotopic (exact) mass is 293 g/mol. The SMILES string of the molecule is CC(=Cc1ccc(C(=O)O)cc1)N1CCCc2ccccc21. The van der Waals surface area contributed by atoms with E-state index < -0.39 is 5.97 Å². The Hall–Kier alpha value is -2.55. The number of hydrogen-bond acceptors (Lipinski definition) is 2. The molecule has 3 nitrogen and oxygen atoms in total. The first-order chi connectivity index (χ1) is 10.6. The molecule has 1 N–H and O–H groups in total. The van der Waals surface area contributed by atoms with Gasteiger partial charge in [-0.2, -0.15) is 0 Å². The molecule has 0 amide bonds. The van der Waals surface area contributed by atoms with Gasteiger partial charge in [0.25, 0.3) is 0 Å². The summed E-state index contributed by atoms with van der Waals surface area (Å²) in [6.45, 7) is 3.12. The van der Waals surface area contributed by atoms with Crippen LogP contribution in [0.25, 0.3) is 6.08 Å². The zero-order chi connectivity index (χ0) is 15.5. The molecule has 1 heterocycles. The number of rotatable bonds is 3. The molecule has 1 aliphatic heterocycles. The van der Waals surface area contributed by atoms with E-state index in [2.05, 4.69) is 42.2 Å². The summed E-state index contributed by atoms with van der Waals surface area (Å²) in [5.41, 5.74) is 5.19. The second-order valence-electron chi connectivity index (χ2n) is 5.60. The summed E-state index contributed by atoms with van der Waals surface area (Å²) in [5.74, 6) is -0.891. The maximum absolute atomic E-state index is 10.9. The largest absolute Gasteiger partial charge is 0.478 e. The van der Waals surface area contributed by atoms with Gasteiger partial charge in [0.05, 0.1) is 5.56 Å². The summed E-state index contributed by atoms with van der Waals surface area (Å²) >= 11 is 0. The fraction of sp³-hybridized carbons (Fsp3) is 0.211. The summed E-state index contributed by atoms with van der Waals surface area (Å²) < 4.78 is 0. The maximum atomic E-state index is 10.9. The van der Waals surface area contributed by atoms with Crippen LogP contribution in [-0.4, -0.2) is 17.6 Å². The molecule has 3 rings (SSSR count). The van der Waals surface area contributed by atoms with Crippen molar-refractivity contribution in [1.82, 2.24) is 0 Å². The topological polar surface area (TPSA) is 40.5 Å². The highest BCUT2D eigenvalue weighted by Gasteiger charge is 2.17. The Kier molecular flexibility index (Phi) is 3.96. The quantitative estimate of drug-likeness (QED) is 0.922. The van der Waals surface area contributed by atoms with Gasteiger partial charge in [0, 0.05) is 17.9 Å². The normalized spacial score (nSPS) is 14.6. The van der Waals surface area contributed by atoms with Crippen molar-refractivity contribution in [2.45, 2.75) is 19.8 Å². The van der Waals surface area contributed by atoms with Crippen LogP contribution in [0.5, 0.6) is 0 Å². The minimum absolute atomic E-state index is 0.318. The van der Waals surface area contributed by atoms with Gasteiger partial charge in [0.1, 0.15) is 0 Å². The Bertz CT molecular complexity index is 716. The Balaban J connectivity index is 1.87. The molecule has 0 fully saturated rings. The third-order valence-corrected chi connectivity index (χ3v) is 4.07. The highest BCUT2D eigenvalue weighted by atomic mass is 16.4. The number of carbonyl (C=O) groups is 1. The number of carboxylic acids is 1. The average Bonchev–Trinajstić information content (AvgIpc) is 2.54. The summed E-state index contributed by atoms with van der Waals surface area (Å²) in [4.78, 5) is 13.2. The lowest BCUT2D eigenvalue weighted by Crippen LogP contribution is -2.27. The fourth-order valence-electron chi connectivity index (χ4n) is 2.94. The Morgan fingerprint density at radius 3 is 2.59 bits per heavy atom. The number of anilines is 1. The first-order valence-corrected chi connectivity index (χ1v) is 7.52. The molecule has 0 saturated heterocycles. The number of nitrogens with zero attached hydrogens (tertiary/aromatic N) is 1. The maximum Gasteiger partial charge on any atom is 0.335 e. The first kappa shape index (κ1) is 14.4. The van der Waals surface area contributed by atoms with E-state index in [0.717, 1.165) is 24.9 Å². The molecule has 22 heavy (non-hydrogen) atoms. The number of carboxylic acid groups (broad SMARTS) is 1. The predicted molar refractivity (Wildman–Crippen MR) is 89.2 cm³/mol. The number of allylic oxidation sites excluding steroid dienone is 1. The van der Waals surface area contributed by atoms with Crippen molar-refractivity contribution in [1.29, 1.82) is 0 Å². The van der Waals surface area contributed by atoms with Crippen LogP contribution in [0.4, 0.5) is 5.69 Å². The Labute approximate surface area is 130 Å². The van der Waals surface area contributed by atoms with E-state index in [0.29, 0.717) is 5.56 Å². The number of aromatic carboxylic acids is 1. The average molecular weight is 293 g/mol. The molecule has 0 spiro atoms. The molecule has 1 aliphatic rings. The molecule has 0 aromatic heterocycles. The summed E-state index contributed by atoms with van der Waals surface area (Å²) in [7, 11) is 0. The minimum atomic E-state index is -0.891. The molecule has 2 aromatic rings. The highest BCUT2D eigenvalue weighted by molar-refractivity contribution is 5.87. The first-order valence-electron chi connectivity index (χ1n) is 7.52. The van der Waals surface area contributed by atoms with Crippen LogP contribution in [-0.2, 0) is 6.42 Å². The number of hydrogen-bond donors (Lipinski definition) is 1. The van der Waals surface area contributed by atoms with Crippen molar-refractivity contribution in [2.75, 3.05) is 11.4 Å². The van der Waals surface area contributed by atoms with Gasteiger partial charge in [-0.25, -0.2) is 4.79 Å². The molecule has 0 aliphatic carbocycles. The molecule has 0 bridgehead atoms.